The highest BCUT2D eigenvalue weighted by Crippen LogP contribution is 2.14. The van der Waals surface area contributed by atoms with Crippen LogP contribution in [0.3, 0.4) is 0 Å². The van der Waals surface area contributed by atoms with Crippen molar-refractivity contribution < 1.29 is 4.79 Å². The van der Waals surface area contributed by atoms with Crippen molar-refractivity contribution in [2.45, 2.75) is 6.54 Å². The van der Waals surface area contributed by atoms with Crippen molar-refractivity contribution in [3.63, 3.8) is 0 Å². The maximum absolute atomic E-state index is 12.2. The van der Waals surface area contributed by atoms with Gasteiger partial charge in [0.05, 0.1) is 6.20 Å². The molecule has 0 aliphatic heterocycles. The van der Waals surface area contributed by atoms with Crippen LogP contribution in [0.5, 0.6) is 0 Å². The molecule has 19 heavy (non-hydrogen) atoms. The lowest BCUT2D eigenvalue weighted by molar-refractivity contribution is 0.0785. The van der Waals surface area contributed by atoms with Gasteiger partial charge >= 0.3 is 0 Å². The summed E-state index contributed by atoms with van der Waals surface area (Å²) >= 11 is 5.79. The van der Waals surface area contributed by atoms with Crippen molar-refractivity contribution in [2.24, 2.45) is 7.05 Å². The van der Waals surface area contributed by atoms with E-state index >= 15 is 0 Å². The summed E-state index contributed by atoms with van der Waals surface area (Å²) in [6.45, 7) is 0.465. The van der Waals surface area contributed by atoms with Crippen LogP contribution in [0.15, 0.2) is 24.5 Å². The number of anilines is 1. The van der Waals surface area contributed by atoms with Gasteiger partial charge in [0.15, 0.2) is 0 Å². The van der Waals surface area contributed by atoms with E-state index in [2.05, 4.69) is 10.1 Å². The first-order valence-electron chi connectivity index (χ1n) is 5.62. The van der Waals surface area contributed by atoms with Crippen LogP contribution in [0.25, 0.3) is 0 Å². The number of pyridine rings is 1. The smallest absolute Gasteiger partial charge is 0.254 e. The molecule has 2 heterocycles. The van der Waals surface area contributed by atoms with Crippen LogP contribution in [0.1, 0.15) is 15.9 Å². The first-order chi connectivity index (χ1) is 8.95. The van der Waals surface area contributed by atoms with E-state index in [1.807, 2.05) is 13.2 Å². The molecule has 0 atom stereocenters. The molecule has 0 aromatic carbocycles. The van der Waals surface area contributed by atoms with Crippen LogP contribution in [-0.4, -0.2) is 32.6 Å². The molecule has 2 aromatic rings. The van der Waals surface area contributed by atoms with Gasteiger partial charge in [0.25, 0.3) is 5.91 Å². The van der Waals surface area contributed by atoms with Crippen LogP contribution in [-0.2, 0) is 13.6 Å². The molecule has 2 rings (SSSR count). The Morgan fingerprint density at radius 3 is 2.84 bits per heavy atom. The van der Waals surface area contributed by atoms with E-state index in [0.717, 1.165) is 5.56 Å². The summed E-state index contributed by atoms with van der Waals surface area (Å²) in [5.74, 6) is 0.0606. The van der Waals surface area contributed by atoms with Crippen molar-refractivity contribution >= 4 is 23.3 Å². The maximum atomic E-state index is 12.2. The number of nitrogens with zero attached hydrogens (tertiary/aromatic N) is 4. The van der Waals surface area contributed by atoms with E-state index in [-0.39, 0.29) is 16.9 Å². The molecule has 0 spiro atoms. The van der Waals surface area contributed by atoms with Crippen molar-refractivity contribution in [3.8, 4) is 0 Å². The highest BCUT2D eigenvalue weighted by atomic mass is 35.5. The van der Waals surface area contributed by atoms with Crippen molar-refractivity contribution in [1.29, 1.82) is 0 Å². The third-order valence-electron chi connectivity index (χ3n) is 2.59. The number of halogens is 1. The van der Waals surface area contributed by atoms with E-state index in [4.69, 9.17) is 17.3 Å². The van der Waals surface area contributed by atoms with E-state index < -0.39 is 0 Å². The van der Waals surface area contributed by atoms with Gasteiger partial charge < -0.3 is 10.6 Å². The van der Waals surface area contributed by atoms with Gasteiger partial charge in [-0.15, -0.1) is 0 Å². The molecule has 1 amide bonds. The van der Waals surface area contributed by atoms with Crippen LogP contribution in [0.2, 0.25) is 5.15 Å². The highest BCUT2D eigenvalue weighted by molar-refractivity contribution is 6.29. The number of aromatic nitrogens is 3. The summed E-state index contributed by atoms with van der Waals surface area (Å²) in [7, 11) is 3.54. The molecule has 0 fully saturated rings. The third kappa shape index (κ3) is 3.23. The molecule has 100 valence electrons. The van der Waals surface area contributed by atoms with Crippen molar-refractivity contribution in [1.82, 2.24) is 19.7 Å². The minimum absolute atomic E-state index is 0.167. The number of hydrogen-bond donors (Lipinski definition) is 1. The second-order valence-corrected chi connectivity index (χ2v) is 4.67. The van der Waals surface area contributed by atoms with Gasteiger partial charge in [-0.25, -0.2) is 4.98 Å². The first-order valence-corrected chi connectivity index (χ1v) is 5.99. The van der Waals surface area contributed by atoms with Gasteiger partial charge in [0.1, 0.15) is 11.0 Å². The number of carbonyl (C=O) groups is 1. The predicted octanol–water partition coefficient (Wildman–Crippen LogP) is 1.32. The Bertz CT molecular complexity index is 590. The van der Waals surface area contributed by atoms with Crippen LogP contribution < -0.4 is 5.73 Å². The van der Waals surface area contributed by atoms with E-state index in [0.29, 0.717) is 12.1 Å². The maximum Gasteiger partial charge on any atom is 0.254 e. The molecule has 0 aliphatic carbocycles. The molecule has 0 bridgehead atoms. The second kappa shape index (κ2) is 5.27. The predicted molar refractivity (Wildman–Crippen MR) is 72.7 cm³/mol. The molecular weight excluding hydrogens is 266 g/mol. The van der Waals surface area contributed by atoms with Gasteiger partial charge in [-0.1, -0.05) is 11.6 Å². The summed E-state index contributed by atoms with van der Waals surface area (Å²) < 4.78 is 1.69. The van der Waals surface area contributed by atoms with Crippen molar-refractivity contribution in [2.75, 3.05) is 12.8 Å². The monoisotopic (exact) mass is 279 g/mol. The lowest BCUT2D eigenvalue weighted by Crippen LogP contribution is -2.26. The summed E-state index contributed by atoms with van der Waals surface area (Å²) in [5, 5.41) is 4.26. The lowest BCUT2D eigenvalue weighted by atomic mass is 10.2. The fourth-order valence-corrected chi connectivity index (χ4v) is 1.98. The van der Waals surface area contributed by atoms with Gasteiger partial charge in [-0.2, -0.15) is 5.10 Å². The standard InChI is InChI=1S/C12H14ClN5O/c1-17(6-8-5-15-18(2)7-8)12(19)9-3-10(13)16-11(14)4-9/h3-5,7H,6H2,1-2H3,(H2,14,16). The minimum Gasteiger partial charge on any atom is -0.384 e. The zero-order valence-corrected chi connectivity index (χ0v) is 11.4. The van der Waals surface area contributed by atoms with Gasteiger partial charge in [0, 0.05) is 38.0 Å². The van der Waals surface area contributed by atoms with Crippen molar-refractivity contribution in [3.05, 3.63) is 40.8 Å². The molecule has 0 aliphatic rings. The Morgan fingerprint density at radius 2 is 2.26 bits per heavy atom. The minimum atomic E-state index is -0.167. The molecule has 7 heteroatoms. The van der Waals surface area contributed by atoms with Crippen LogP contribution >= 0.6 is 11.6 Å². The molecular formula is C12H14ClN5O. The zero-order valence-electron chi connectivity index (χ0n) is 10.7. The Hall–Kier alpha value is -2.08. The summed E-state index contributed by atoms with van der Waals surface area (Å²) in [6.07, 6.45) is 3.58. The Morgan fingerprint density at radius 1 is 1.53 bits per heavy atom. The molecule has 0 radical (unpaired) electrons. The number of aryl methyl sites for hydroxylation is 1. The molecule has 2 aromatic heterocycles. The van der Waals surface area contributed by atoms with Gasteiger partial charge in [-0.05, 0) is 12.1 Å². The number of carbonyl (C=O) groups excluding carboxylic acids is 1. The Kier molecular flexibility index (Phi) is 3.71. The SMILES string of the molecule is CN(Cc1cnn(C)c1)C(=O)c1cc(N)nc(Cl)c1. The highest BCUT2D eigenvalue weighted by Gasteiger charge is 2.14. The van der Waals surface area contributed by atoms with Gasteiger partial charge in [0.2, 0.25) is 0 Å². The second-order valence-electron chi connectivity index (χ2n) is 4.29. The number of hydrogen-bond acceptors (Lipinski definition) is 4. The molecule has 0 saturated carbocycles. The Labute approximate surface area is 115 Å². The fraction of sp³-hybridized carbons (Fsp3) is 0.250. The average molecular weight is 280 g/mol. The molecule has 6 nitrogen and oxygen atoms in total. The zero-order chi connectivity index (χ0) is 14.0. The van der Waals surface area contributed by atoms with Crippen LogP contribution in [0.4, 0.5) is 5.82 Å². The lowest BCUT2D eigenvalue weighted by Gasteiger charge is -2.16. The normalized spacial score (nSPS) is 10.5. The van der Waals surface area contributed by atoms with Gasteiger partial charge in [-0.3, -0.25) is 9.48 Å². The summed E-state index contributed by atoms with van der Waals surface area (Å²) in [4.78, 5) is 17.6. The fourth-order valence-electron chi connectivity index (χ4n) is 1.76. The molecule has 0 saturated heterocycles. The van der Waals surface area contributed by atoms with E-state index in [9.17, 15) is 4.79 Å². The van der Waals surface area contributed by atoms with E-state index in [1.165, 1.54) is 12.1 Å². The number of nitrogen functional groups attached to an aromatic ring is 1. The first kappa shape index (κ1) is 13.4. The number of amides is 1. The third-order valence-corrected chi connectivity index (χ3v) is 2.78. The topological polar surface area (TPSA) is 77.0 Å². The summed E-state index contributed by atoms with van der Waals surface area (Å²) in [6, 6.07) is 3.01. The van der Waals surface area contributed by atoms with E-state index in [1.54, 1.807) is 22.8 Å². The number of rotatable bonds is 3. The number of nitrogens with two attached hydrogens (primary N) is 1. The molecule has 2 N–H and O–H groups in total. The average Bonchev–Trinajstić information content (AvgIpc) is 2.72. The van der Waals surface area contributed by atoms with Crippen LogP contribution in [0, 0.1) is 0 Å². The largest absolute Gasteiger partial charge is 0.384 e. The molecule has 0 unspecified atom stereocenters. The quantitative estimate of drug-likeness (QED) is 0.860. The Balaban J connectivity index is 2.14. The summed E-state index contributed by atoms with van der Waals surface area (Å²) in [5.41, 5.74) is 6.94.